The highest BCUT2D eigenvalue weighted by Crippen LogP contribution is 2.53. The predicted molar refractivity (Wildman–Crippen MR) is 155 cm³/mol. The Kier molecular flexibility index (Phi) is 6.87. The van der Waals surface area contributed by atoms with Crippen LogP contribution in [0.4, 0.5) is 0 Å². The van der Waals surface area contributed by atoms with Gasteiger partial charge in [-0.2, -0.15) is 0 Å². The van der Waals surface area contributed by atoms with Crippen LogP contribution in [-0.4, -0.2) is 46.0 Å². The van der Waals surface area contributed by atoms with Crippen LogP contribution in [0, 0.1) is 24.7 Å². The Balaban J connectivity index is 1.78. The second-order valence-electron chi connectivity index (χ2n) is 13.3. The van der Waals surface area contributed by atoms with Crippen molar-refractivity contribution in [2.75, 3.05) is 7.11 Å². The number of benzene rings is 1. The van der Waals surface area contributed by atoms with Crippen LogP contribution in [-0.2, 0) is 9.53 Å². The number of methoxy groups -OCH3 is 1. The van der Waals surface area contributed by atoms with E-state index in [-0.39, 0.29) is 34.2 Å². The predicted octanol–water partition coefficient (Wildman–Crippen LogP) is 4.94. The number of aromatic carboxylic acids is 1. The normalized spacial score (nSPS) is 22.0. The molecule has 0 radical (unpaired) electrons. The van der Waals surface area contributed by atoms with E-state index in [9.17, 15) is 19.8 Å². The van der Waals surface area contributed by atoms with Crippen molar-refractivity contribution in [3.63, 3.8) is 0 Å². The molecular formula is C33H39N2O6+. The van der Waals surface area contributed by atoms with Crippen LogP contribution < -0.4 is 9.73 Å². The molecule has 216 valence electrons. The van der Waals surface area contributed by atoms with Crippen LogP contribution >= 0.6 is 0 Å². The lowest BCUT2D eigenvalue weighted by Gasteiger charge is -2.40. The summed E-state index contributed by atoms with van der Waals surface area (Å²) in [5, 5.41) is 21.2. The van der Waals surface area contributed by atoms with Gasteiger partial charge in [-0.25, -0.2) is 14.8 Å². The fourth-order valence-electron chi connectivity index (χ4n) is 6.34. The molecule has 0 saturated carbocycles. The van der Waals surface area contributed by atoms with E-state index < -0.39 is 11.9 Å². The number of nitrogens with zero attached hydrogens (tertiary/aromatic N) is 1. The van der Waals surface area contributed by atoms with Crippen LogP contribution in [0.1, 0.15) is 87.0 Å². The molecule has 0 bridgehead atoms. The van der Waals surface area contributed by atoms with Crippen molar-refractivity contribution < 1.29 is 34.3 Å². The highest BCUT2D eigenvalue weighted by atomic mass is 16.5. The lowest BCUT2D eigenvalue weighted by atomic mass is 9.68. The first-order valence-electron chi connectivity index (χ1n) is 14.0. The molecule has 41 heavy (non-hydrogen) atoms. The first kappa shape index (κ1) is 28.6. The number of rotatable bonds is 4. The molecule has 8 heteroatoms. The third-order valence-electron chi connectivity index (χ3n) is 8.45. The smallest absolute Gasteiger partial charge is 0.366 e. The van der Waals surface area contributed by atoms with Crippen molar-refractivity contribution in [3.8, 4) is 17.0 Å². The number of aromatic nitrogens is 1. The SMILES string of the molecule is COc1ccc(-c2cc(C)cc(C(=O)O)n2)c(C)c1[C@H]1C2=C(CC(C)(C)CC2=O)OC2=C1C(O)=[NH+][C@@H](C(C)(C)C)C2. The summed E-state index contributed by atoms with van der Waals surface area (Å²) in [7, 11) is 1.58. The third kappa shape index (κ3) is 5.04. The zero-order valence-electron chi connectivity index (χ0n) is 25.1. The summed E-state index contributed by atoms with van der Waals surface area (Å²) < 4.78 is 12.4. The molecule has 0 amide bonds. The van der Waals surface area contributed by atoms with Crippen molar-refractivity contribution in [1.29, 1.82) is 0 Å². The molecule has 0 spiro atoms. The fourth-order valence-corrected chi connectivity index (χ4v) is 6.34. The molecule has 1 aromatic carbocycles. The van der Waals surface area contributed by atoms with Gasteiger partial charge in [-0.05, 0) is 54.7 Å². The molecule has 0 saturated heterocycles. The second kappa shape index (κ2) is 9.86. The largest absolute Gasteiger partial charge is 0.496 e. The van der Waals surface area contributed by atoms with Crippen molar-refractivity contribution in [2.45, 2.75) is 79.7 Å². The van der Waals surface area contributed by atoms with Gasteiger partial charge in [0, 0.05) is 35.0 Å². The molecule has 0 fully saturated rings. The van der Waals surface area contributed by atoms with Gasteiger partial charge in [0.15, 0.2) is 11.8 Å². The van der Waals surface area contributed by atoms with E-state index in [1.807, 2.05) is 32.0 Å². The van der Waals surface area contributed by atoms with Crippen molar-refractivity contribution in [3.05, 3.63) is 69.3 Å². The number of hydrogen-bond donors (Lipinski definition) is 3. The minimum atomic E-state index is -1.10. The van der Waals surface area contributed by atoms with Crippen LogP contribution in [0.15, 0.2) is 46.9 Å². The van der Waals surface area contributed by atoms with Crippen molar-refractivity contribution in [1.82, 2.24) is 4.98 Å². The molecule has 1 aliphatic carbocycles. The average molecular weight is 560 g/mol. The first-order valence-corrected chi connectivity index (χ1v) is 14.0. The number of ether oxygens (including phenoxy) is 2. The average Bonchev–Trinajstić information content (AvgIpc) is 2.85. The maximum Gasteiger partial charge on any atom is 0.366 e. The highest BCUT2D eigenvalue weighted by Gasteiger charge is 2.50. The minimum absolute atomic E-state index is 0.00550. The summed E-state index contributed by atoms with van der Waals surface area (Å²) in [6.07, 6.45) is 1.50. The van der Waals surface area contributed by atoms with Gasteiger partial charge in [0.2, 0.25) is 0 Å². The van der Waals surface area contributed by atoms with Crippen molar-refractivity contribution in [2.24, 2.45) is 10.8 Å². The molecular weight excluding hydrogens is 520 g/mol. The molecule has 3 aliphatic rings. The topological polar surface area (TPSA) is 120 Å². The number of aliphatic hydroxyl groups is 1. The van der Waals surface area contributed by atoms with Gasteiger partial charge in [0.1, 0.15) is 28.5 Å². The zero-order valence-corrected chi connectivity index (χ0v) is 25.1. The van der Waals surface area contributed by atoms with Gasteiger partial charge in [-0.3, -0.25) is 4.79 Å². The Morgan fingerprint density at radius 3 is 2.46 bits per heavy atom. The van der Waals surface area contributed by atoms with Gasteiger partial charge in [0.05, 0.1) is 25.1 Å². The molecule has 2 aromatic rings. The molecule has 3 heterocycles. The fraction of sp³-hybridized carbons (Fsp3) is 0.455. The van der Waals surface area contributed by atoms with Crippen LogP contribution in [0.5, 0.6) is 5.75 Å². The lowest BCUT2D eigenvalue weighted by molar-refractivity contribution is -0.532. The Morgan fingerprint density at radius 2 is 1.83 bits per heavy atom. The van der Waals surface area contributed by atoms with Gasteiger partial charge in [0.25, 0.3) is 0 Å². The number of Topliss-reactive ketones (excluding diaryl/α,β-unsaturated/α-hetero) is 1. The molecule has 5 rings (SSSR count). The Hall–Kier alpha value is -3.94. The van der Waals surface area contributed by atoms with E-state index in [0.29, 0.717) is 53.4 Å². The molecule has 0 unspecified atom stereocenters. The summed E-state index contributed by atoms with van der Waals surface area (Å²) in [5.74, 6) is 0.0965. The number of carboxylic acid groups (broad SMARTS) is 1. The Labute approximate surface area is 240 Å². The number of carbonyl (C=O) groups excluding carboxylic acids is 1. The number of aryl methyl sites for hydroxylation is 1. The van der Waals surface area contributed by atoms with Gasteiger partial charge in [-0.1, -0.05) is 34.6 Å². The summed E-state index contributed by atoms with van der Waals surface area (Å²) in [6.45, 7) is 14.2. The van der Waals surface area contributed by atoms with E-state index in [0.717, 1.165) is 22.3 Å². The zero-order chi connectivity index (χ0) is 30.0. The Morgan fingerprint density at radius 1 is 1.12 bits per heavy atom. The van der Waals surface area contributed by atoms with Gasteiger partial charge < -0.3 is 19.7 Å². The van der Waals surface area contributed by atoms with E-state index in [1.165, 1.54) is 6.07 Å². The highest BCUT2D eigenvalue weighted by molar-refractivity contribution is 6.04. The minimum Gasteiger partial charge on any atom is -0.496 e. The number of nitrogens with one attached hydrogen (secondary N) is 1. The number of aliphatic hydroxyl groups excluding tert-OH is 1. The van der Waals surface area contributed by atoms with E-state index in [1.54, 1.807) is 7.11 Å². The van der Waals surface area contributed by atoms with Crippen LogP contribution in [0.3, 0.4) is 0 Å². The van der Waals surface area contributed by atoms with Crippen LogP contribution in [0.2, 0.25) is 0 Å². The standard InChI is InChI=1S/C33H38N2O6/c1-16-11-19(34-20(12-16)31(38)39)18-9-10-22(40-8)26(17(18)2)29-27-21(36)14-33(6,7)15-24(27)41-23-13-25(32(3,4)5)35-30(37)28(23)29/h9-12,25,29H,13-15H2,1-8H3,(H,35,37)(H,38,39)/p+1/t25-,29+/m1/s1. The van der Waals surface area contributed by atoms with Gasteiger partial charge in [-0.15, -0.1) is 0 Å². The summed E-state index contributed by atoms with van der Waals surface area (Å²) in [4.78, 5) is 33.4. The molecule has 2 aliphatic heterocycles. The Bertz CT molecular complexity index is 1570. The first-order chi connectivity index (χ1) is 19.1. The van der Waals surface area contributed by atoms with Crippen molar-refractivity contribution >= 4 is 17.7 Å². The van der Waals surface area contributed by atoms with Gasteiger partial charge >= 0.3 is 11.9 Å². The van der Waals surface area contributed by atoms with E-state index in [2.05, 4.69) is 44.6 Å². The number of pyridine rings is 1. The molecule has 2 atom stereocenters. The number of hydrogen-bond acceptors (Lipinski definition) is 5. The maximum atomic E-state index is 13.9. The number of allylic oxidation sites excluding steroid dienone is 2. The number of carboxylic acids is 1. The van der Waals surface area contributed by atoms with E-state index in [4.69, 9.17) is 9.47 Å². The van der Waals surface area contributed by atoms with E-state index >= 15 is 0 Å². The third-order valence-corrected chi connectivity index (χ3v) is 8.45. The lowest BCUT2D eigenvalue weighted by Crippen LogP contribution is -2.85. The number of carbonyl (C=O) groups is 2. The number of ketones is 1. The summed E-state index contributed by atoms with van der Waals surface area (Å²) in [6, 6.07) is 6.99. The summed E-state index contributed by atoms with van der Waals surface area (Å²) >= 11 is 0. The monoisotopic (exact) mass is 559 g/mol. The quantitative estimate of drug-likeness (QED) is 0.485. The van der Waals surface area contributed by atoms with Crippen LogP contribution in [0.25, 0.3) is 11.3 Å². The maximum absolute atomic E-state index is 13.9. The molecule has 3 N–H and O–H groups in total. The second-order valence-corrected chi connectivity index (χ2v) is 13.3. The molecule has 1 aromatic heterocycles. The molecule has 8 nitrogen and oxygen atoms in total. The summed E-state index contributed by atoms with van der Waals surface area (Å²) in [5.41, 5.74) is 4.13.